The number of nitrogens with one attached hydrogen (secondary N) is 1. The van der Waals surface area contributed by atoms with Gasteiger partial charge in [-0.3, -0.25) is 0 Å². The summed E-state index contributed by atoms with van der Waals surface area (Å²) in [5, 5.41) is 5.58. The highest BCUT2D eigenvalue weighted by Crippen LogP contribution is 2.23. The highest BCUT2D eigenvalue weighted by atomic mass is 32.1. The third-order valence-electron chi connectivity index (χ3n) is 3.04. The Balaban J connectivity index is 1.89. The van der Waals surface area contributed by atoms with E-state index >= 15 is 0 Å². The van der Waals surface area contributed by atoms with Gasteiger partial charge in [-0.15, -0.1) is 11.3 Å². The van der Waals surface area contributed by atoms with E-state index in [4.69, 9.17) is 0 Å². The summed E-state index contributed by atoms with van der Waals surface area (Å²) in [4.78, 5) is 6.78. The van der Waals surface area contributed by atoms with Crippen LogP contribution in [0.1, 0.15) is 11.3 Å². The van der Waals surface area contributed by atoms with Crippen LogP contribution in [0.4, 0.5) is 5.69 Å². The number of thiazole rings is 1. The third-order valence-corrected chi connectivity index (χ3v) is 3.68. The van der Waals surface area contributed by atoms with E-state index in [1.807, 2.05) is 5.51 Å². The zero-order valence-corrected chi connectivity index (χ0v) is 10.4. The summed E-state index contributed by atoms with van der Waals surface area (Å²) in [6.07, 6.45) is 0. The van der Waals surface area contributed by atoms with Gasteiger partial charge < -0.3 is 10.2 Å². The predicted octanol–water partition coefficient (Wildman–Crippen LogP) is 2.25. The van der Waals surface area contributed by atoms with Crippen LogP contribution >= 0.6 is 11.3 Å². The molecule has 3 nitrogen and oxygen atoms in total. The molecule has 0 fully saturated rings. The molecule has 0 unspecified atom stereocenters. The first-order chi connectivity index (χ1) is 8.43. The first kappa shape index (κ1) is 10.7. The van der Waals surface area contributed by atoms with Crippen molar-refractivity contribution in [3.05, 3.63) is 46.4 Å². The van der Waals surface area contributed by atoms with Gasteiger partial charge in [0.2, 0.25) is 0 Å². The standard InChI is InChI=1S/C13H15N3S/c1-2-4-13-11(3-1)7-14-5-6-16(13)8-12-9-17-10-15-12/h1-4,9-10,14H,5-8H2. The number of anilines is 1. The fourth-order valence-corrected chi connectivity index (χ4v) is 2.75. The largest absolute Gasteiger partial charge is 0.364 e. The van der Waals surface area contributed by atoms with Crippen molar-refractivity contribution in [3.63, 3.8) is 0 Å². The molecule has 0 saturated heterocycles. The summed E-state index contributed by atoms with van der Waals surface area (Å²) < 4.78 is 0. The maximum absolute atomic E-state index is 4.37. The van der Waals surface area contributed by atoms with Gasteiger partial charge in [0, 0.05) is 30.7 Å². The number of hydrogen-bond donors (Lipinski definition) is 1. The maximum atomic E-state index is 4.37. The molecule has 1 aliphatic rings. The minimum atomic E-state index is 0.905. The number of nitrogens with zero attached hydrogens (tertiary/aromatic N) is 2. The molecular formula is C13H15N3S. The van der Waals surface area contributed by atoms with E-state index in [1.165, 1.54) is 11.3 Å². The van der Waals surface area contributed by atoms with Crippen molar-refractivity contribution >= 4 is 17.0 Å². The quantitative estimate of drug-likeness (QED) is 0.879. The predicted molar refractivity (Wildman–Crippen MR) is 71.3 cm³/mol. The Bertz CT molecular complexity index is 481. The van der Waals surface area contributed by atoms with Gasteiger partial charge in [0.15, 0.2) is 0 Å². The number of fused-ring (bicyclic) bond motifs is 1. The number of para-hydroxylation sites is 1. The van der Waals surface area contributed by atoms with E-state index in [0.29, 0.717) is 0 Å². The molecule has 0 spiro atoms. The van der Waals surface area contributed by atoms with E-state index in [9.17, 15) is 0 Å². The Kier molecular flexibility index (Phi) is 3.07. The smallest absolute Gasteiger partial charge is 0.0795 e. The molecule has 0 bridgehead atoms. The molecule has 0 aliphatic carbocycles. The lowest BCUT2D eigenvalue weighted by atomic mass is 10.1. The molecule has 0 atom stereocenters. The van der Waals surface area contributed by atoms with Crippen LogP contribution in [0.5, 0.6) is 0 Å². The fourth-order valence-electron chi connectivity index (χ4n) is 2.20. The van der Waals surface area contributed by atoms with Crippen molar-refractivity contribution in [2.75, 3.05) is 18.0 Å². The second kappa shape index (κ2) is 4.85. The van der Waals surface area contributed by atoms with E-state index in [0.717, 1.165) is 31.9 Å². The normalized spacial score (nSPS) is 15.4. The average Bonchev–Trinajstić information content (AvgIpc) is 2.78. The molecule has 1 N–H and O–H groups in total. The maximum Gasteiger partial charge on any atom is 0.0795 e. The summed E-state index contributed by atoms with van der Waals surface area (Å²) in [6, 6.07) is 8.61. The van der Waals surface area contributed by atoms with Crippen molar-refractivity contribution in [1.29, 1.82) is 0 Å². The molecule has 17 heavy (non-hydrogen) atoms. The molecule has 1 aromatic carbocycles. The summed E-state index contributed by atoms with van der Waals surface area (Å²) in [5.74, 6) is 0. The van der Waals surface area contributed by atoms with E-state index in [-0.39, 0.29) is 0 Å². The second-order valence-electron chi connectivity index (χ2n) is 4.21. The SMILES string of the molecule is c1ccc2c(c1)CNCCN2Cc1cscn1. The molecule has 2 heterocycles. The number of hydrogen-bond acceptors (Lipinski definition) is 4. The number of rotatable bonds is 2. The first-order valence-electron chi connectivity index (χ1n) is 5.84. The van der Waals surface area contributed by atoms with Gasteiger partial charge in [0.25, 0.3) is 0 Å². The van der Waals surface area contributed by atoms with Gasteiger partial charge in [-0.05, 0) is 11.6 Å². The summed E-state index contributed by atoms with van der Waals surface area (Å²) in [6.45, 7) is 3.93. The Morgan fingerprint density at radius 2 is 2.29 bits per heavy atom. The Labute approximate surface area is 105 Å². The molecule has 1 aromatic heterocycles. The Hall–Kier alpha value is -1.39. The van der Waals surface area contributed by atoms with Crippen LogP contribution in [-0.4, -0.2) is 18.1 Å². The lowest BCUT2D eigenvalue weighted by Crippen LogP contribution is -2.28. The molecule has 1 aliphatic heterocycles. The van der Waals surface area contributed by atoms with Crippen LogP contribution < -0.4 is 10.2 Å². The molecule has 2 aromatic rings. The molecule has 3 rings (SSSR count). The highest BCUT2D eigenvalue weighted by Gasteiger charge is 2.14. The Morgan fingerprint density at radius 3 is 3.18 bits per heavy atom. The van der Waals surface area contributed by atoms with Gasteiger partial charge in [-0.25, -0.2) is 4.98 Å². The molecule has 88 valence electrons. The highest BCUT2D eigenvalue weighted by molar-refractivity contribution is 7.07. The van der Waals surface area contributed by atoms with Crippen LogP contribution in [0.2, 0.25) is 0 Å². The van der Waals surface area contributed by atoms with Crippen LogP contribution in [-0.2, 0) is 13.1 Å². The van der Waals surface area contributed by atoms with Crippen molar-refractivity contribution in [3.8, 4) is 0 Å². The van der Waals surface area contributed by atoms with Gasteiger partial charge in [0.05, 0.1) is 17.7 Å². The van der Waals surface area contributed by atoms with Crippen molar-refractivity contribution in [2.24, 2.45) is 0 Å². The minimum Gasteiger partial charge on any atom is -0.364 e. The lowest BCUT2D eigenvalue weighted by Gasteiger charge is -2.23. The van der Waals surface area contributed by atoms with E-state index < -0.39 is 0 Å². The van der Waals surface area contributed by atoms with Crippen molar-refractivity contribution < 1.29 is 0 Å². The van der Waals surface area contributed by atoms with Crippen molar-refractivity contribution in [2.45, 2.75) is 13.1 Å². The average molecular weight is 245 g/mol. The zero-order chi connectivity index (χ0) is 11.5. The topological polar surface area (TPSA) is 28.2 Å². The fraction of sp³-hybridized carbons (Fsp3) is 0.308. The first-order valence-corrected chi connectivity index (χ1v) is 6.78. The molecule has 4 heteroatoms. The lowest BCUT2D eigenvalue weighted by molar-refractivity contribution is 0.686. The summed E-state index contributed by atoms with van der Waals surface area (Å²) >= 11 is 1.66. The van der Waals surface area contributed by atoms with Gasteiger partial charge >= 0.3 is 0 Å². The molecule has 0 amide bonds. The summed E-state index contributed by atoms with van der Waals surface area (Å²) in [7, 11) is 0. The zero-order valence-electron chi connectivity index (χ0n) is 9.60. The number of benzene rings is 1. The monoisotopic (exact) mass is 245 g/mol. The Morgan fingerprint density at radius 1 is 1.35 bits per heavy atom. The van der Waals surface area contributed by atoms with Crippen LogP contribution in [0.15, 0.2) is 35.2 Å². The minimum absolute atomic E-state index is 0.905. The van der Waals surface area contributed by atoms with E-state index in [2.05, 4.69) is 44.8 Å². The third kappa shape index (κ3) is 2.33. The van der Waals surface area contributed by atoms with Gasteiger partial charge in [-0.2, -0.15) is 0 Å². The molecular weight excluding hydrogens is 230 g/mol. The van der Waals surface area contributed by atoms with Crippen LogP contribution in [0, 0.1) is 0 Å². The van der Waals surface area contributed by atoms with Crippen LogP contribution in [0.25, 0.3) is 0 Å². The molecule has 0 radical (unpaired) electrons. The molecule has 0 saturated carbocycles. The van der Waals surface area contributed by atoms with Gasteiger partial charge in [0.1, 0.15) is 0 Å². The van der Waals surface area contributed by atoms with Crippen LogP contribution in [0.3, 0.4) is 0 Å². The van der Waals surface area contributed by atoms with Crippen molar-refractivity contribution in [1.82, 2.24) is 10.3 Å². The second-order valence-corrected chi connectivity index (χ2v) is 4.93. The summed E-state index contributed by atoms with van der Waals surface area (Å²) in [5.41, 5.74) is 5.77. The van der Waals surface area contributed by atoms with E-state index in [1.54, 1.807) is 11.3 Å². The van der Waals surface area contributed by atoms with Gasteiger partial charge in [-0.1, -0.05) is 18.2 Å². The number of aromatic nitrogens is 1.